The quantitative estimate of drug-likeness (QED) is 0.884. The Morgan fingerprint density at radius 3 is 2.71 bits per heavy atom. The minimum Gasteiger partial charge on any atom is -0.320 e. The van der Waals surface area contributed by atoms with E-state index in [2.05, 4.69) is 10.6 Å². The van der Waals surface area contributed by atoms with Crippen LogP contribution in [0.2, 0.25) is 10.0 Å². The molecule has 1 atom stereocenters. The number of halogens is 2. The molecule has 21 heavy (non-hydrogen) atoms. The molecule has 1 aromatic carbocycles. The second-order valence-corrected chi connectivity index (χ2v) is 6.55. The molecule has 2 aliphatic rings. The molecule has 2 fully saturated rings. The Labute approximate surface area is 134 Å². The molecule has 1 heterocycles. The van der Waals surface area contributed by atoms with Gasteiger partial charge in [0.25, 0.3) is 0 Å². The van der Waals surface area contributed by atoms with Crippen LogP contribution in [0.5, 0.6) is 0 Å². The van der Waals surface area contributed by atoms with Crippen molar-refractivity contribution in [1.82, 2.24) is 10.2 Å². The number of benzene rings is 1. The Bertz CT molecular complexity index is 528. The molecule has 3 rings (SSSR count). The van der Waals surface area contributed by atoms with E-state index in [1.165, 1.54) is 6.42 Å². The van der Waals surface area contributed by atoms with Crippen molar-refractivity contribution in [2.45, 2.75) is 37.8 Å². The van der Waals surface area contributed by atoms with Crippen molar-refractivity contribution in [2.75, 3.05) is 18.4 Å². The minimum atomic E-state index is -0.0513. The molecule has 6 heteroatoms. The number of nitrogens with zero attached hydrogens (tertiary/aromatic N) is 1. The highest BCUT2D eigenvalue weighted by Gasteiger charge is 2.34. The van der Waals surface area contributed by atoms with Gasteiger partial charge in [0.05, 0.1) is 10.0 Å². The number of amides is 2. The van der Waals surface area contributed by atoms with Crippen LogP contribution in [-0.4, -0.2) is 36.1 Å². The van der Waals surface area contributed by atoms with Crippen LogP contribution in [0, 0.1) is 0 Å². The Balaban J connectivity index is 1.64. The number of anilines is 1. The van der Waals surface area contributed by atoms with Crippen LogP contribution in [-0.2, 0) is 0 Å². The molecule has 114 valence electrons. The van der Waals surface area contributed by atoms with E-state index in [0.29, 0.717) is 27.8 Å². The molecule has 4 nitrogen and oxygen atoms in total. The molecular weight excluding hydrogens is 309 g/mol. The summed E-state index contributed by atoms with van der Waals surface area (Å²) in [6, 6.07) is 5.90. The Morgan fingerprint density at radius 1 is 1.29 bits per heavy atom. The van der Waals surface area contributed by atoms with Crippen LogP contribution < -0.4 is 10.6 Å². The first-order valence-electron chi connectivity index (χ1n) is 7.39. The number of rotatable bonds is 4. The second-order valence-electron chi connectivity index (χ2n) is 5.74. The molecule has 0 bridgehead atoms. The average Bonchev–Trinajstić information content (AvgIpc) is 3.16. The van der Waals surface area contributed by atoms with Gasteiger partial charge in [-0.15, -0.1) is 0 Å². The maximum Gasteiger partial charge on any atom is 0.322 e. The second kappa shape index (κ2) is 6.42. The molecule has 2 N–H and O–H groups in total. The fourth-order valence-corrected chi connectivity index (χ4v) is 3.00. The van der Waals surface area contributed by atoms with E-state index in [0.717, 1.165) is 32.4 Å². The normalized spacial score (nSPS) is 21.3. The van der Waals surface area contributed by atoms with Crippen molar-refractivity contribution >= 4 is 34.9 Å². The summed E-state index contributed by atoms with van der Waals surface area (Å²) in [6.07, 6.45) is 4.53. The first-order chi connectivity index (χ1) is 10.1. The summed E-state index contributed by atoms with van der Waals surface area (Å²) in [5, 5.41) is 7.30. The SMILES string of the molecule is O=C(Nc1ccc(Cl)c(Cl)c1)N(CC1CCCN1)C1CC1. The smallest absolute Gasteiger partial charge is 0.320 e. The van der Waals surface area contributed by atoms with E-state index in [1.54, 1.807) is 18.2 Å². The van der Waals surface area contributed by atoms with Crippen LogP contribution >= 0.6 is 23.2 Å². The van der Waals surface area contributed by atoms with E-state index in [-0.39, 0.29) is 6.03 Å². The van der Waals surface area contributed by atoms with Gasteiger partial charge in [-0.2, -0.15) is 0 Å². The predicted molar refractivity (Wildman–Crippen MR) is 86.2 cm³/mol. The summed E-state index contributed by atoms with van der Waals surface area (Å²) in [6.45, 7) is 1.83. The number of nitrogens with one attached hydrogen (secondary N) is 2. The van der Waals surface area contributed by atoms with E-state index in [1.807, 2.05) is 4.90 Å². The first-order valence-corrected chi connectivity index (χ1v) is 8.15. The Morgan fingerprint density at radius 2 is 2.10 bits per heavy atom. The average molecular weight is 328 g/mol. The highest BCUT2D eigenvalue weighted by Crippen LogP contribution is 2.29. The monoisotopic (exact) mass is 327 g/mol. The van der Waals surface area contributed by atoms with Gasteiger partial charge < -0.3 is 15.5 Å². The first kappa shape index (κ1) is 14.9. The summed E-state index contributed by atoms with van der Waals surface area (Å²) >= 11 is 11.9. The van der Waals surface area contributed by atoms with Crippen molar-refractivity contribution in [1.29, 1.82) is 0 Å². The summed E-state index contributed by atoms with van der Waals surface area (Å²) < 4.78 is 0. The van der Waals surface area contributed by atoms with Gasteiger partial charge in [0.1, 0.15) is 0 Å². The fourth-order valence-electron chi connectivity index (χ4n) is 2.70. The van der Waals surface area contributed by atoms with Gasteiger partial charge >= 0.3 is 6.03 Å². The zero-order valence-electron chi connectivity index (χ0n) is 11.7. The number of carbonyl (C=O) groups is 1. The number of carbonyl (C=O) groups excluding carboxylic acids is 1. The topological polar surface area (TPSA) is 44.4 Å². The fraction of sp³-hybridized carbons (Fsp3) is 0.533. The molecule has 1 saturated heterocycles. The summed E-state index contributed by atoms with van der Waals surface area (Å²) in [4.78, 5) is 14.4. The molecule has 1 saturated carbocycles. The van der Waals surface area contributed by atoms with Gasteiger partial charge in [0, 0.05) is 24.3 Å². The van der Waals surface area contributed by atoms with Crippen LogP contribution in [0.1, 0.15) is 25.7 Å². The lowest BCUT2D eigenvalue weighted by molar-refractivity contribution is 0.203. The molecule has 0 aromatic heterocycles. The zero-order chi connectivity index (χ0) is 14.8. The van der Waals surface area contributed by atoms with E-state index >= 15 is 0 Å². The highest BCUT2D eigenvalue weighted by atomic mass is 35.5. The van der Waals surface area contributed by atoms with Gasteiger partial charge in [-0.25, -0.2) is 4.79 Å². The number of urea groups is 1. The van der Waals surface area contributed by atoms with Crippen LogP contribution in [0.15, 0.2) is 18.2 Å². The molecule has 1 unspecified atom stereocenters. The lowest BCUT2D eigenvalue weighted by Gasteiger charge is -2.26. The summed E-state index contributed by atoms with van der Waals surface area (Å²) in [5.74, 6) is 0. The predicted octanol–water partition coefficient (Wildman–Crippen LogP) is 3.74. The van der Waals surface area contributed by atoms with Crippen molar-refractivity contribution in [3.63, 3.8) is 0 Å². The Hall–Kier alpha value is -0.970. The molecular formula is C15H19Cl2N3O. The zero-order valence-corrected chi connectivity index (χ0v) is 13.3. The van der Waals surface area contributed by atoms with Gasteiger partial charge in [0.15, 0.2) is 0 Å². The van der Waals surface area contributed by atoms with Crippen molar-refractivity contribution in [3.05, 3.63) is 28.2 Å². The van der Waals surface area contributed by atoms with E-state index in [9.17, 15) is 4.79 Å². The lowest BCUT2D eigenvalue weighted by Crippen LogP contribution is -2.44. The van der Waals surface area contributed by atoms with Gasteiger partial charge in [-0.05, 0) is 50.4 Å². The lowest BCUT2D eigenvalue weighted by atomic mass is 10.2. The van der Waals surface area contributed by atoms with Crippen molar-refractivity contribution < 1.29 is 4.79 Å². The van der Waals surface area contributed by atoms with Crippen molar-refractivity contribution in [2.24, 2.45) is 0 Å². The standard InChI is InChI=1S/C15H19Cl2N3O/c16-13-6-3-10(8-14(13)17)19-15(21)20(12-4-5-12)9-11-2-1-7-18-11/h3,6,8,11-12,18H,1-2,4-5,7,9H2,(H,19,21). The Kier molecular flexibility index (Phi) is 4.57. The number of hydrogen-bond acceptors (Lipinski definition) is 2. The third-order valence-electron chi connectivity index (χ3n) is 4.00. The van der Waals surface area contributed by atoms with Crippen LogP contribution in [0.25, 0.3) is 0 Å². The largest absolute Gasteiger partial charge is 0.322 e. The van der Waals surface area contributed by atoms with Gasteiger partial charge in [-0.1, -0.05) is 23.2 Å². The molecule has 1 aliphatic carbocycles. The molecule has 0 spiro atoms. The van der Waals surface area contributed by atoms with Gasteiger partial charge in [-0.3, -0.25) is 0 Å². The van der Waals surface area contributed by atoms with Gasteiger partial charge in [0.2, 0.25) is 0 Å². The summed E-state index contributed by atoms with van der Waals surface area (Å²) in [7, 11) is 0. The maximum atomic E-state index is 12.5. The highest BCUT2D eigenvalue weighted by molar-refractivity contribution is 6.42. The van der Waals surface area contributed by atoms with Crippen LogP contribution in [0.4, 0.5) is 10.5 Å². The minimum absolute atomic E-state index is 0.0513. The van der Waals surface area contributed by atoms with Crippen LogP contribution in [0.3, 0.4) is 0 Å². The van der Waals surface area contributed by atoms with E-state index in [4.69, 9.17) is 23.2 Å². The van der Waals surface area contributed by atoms with Crippen molar-refractivity contribution in [3.8, 4) is 0 Å². The molecule has 2 amide bonds. The molecule has 1 aromatic rings. The third kappa shape index (κ3) is 3.82. The molecule has 0 radical (unpaired) electrons. The third-order valence-corrected chi connectivity index (χ3v) is 4.74. The number of hydrogen-bond donors (Lipinski definition) is 2. The summed E-state index contributed by atoms with van der Waals surface area (Å²) in [5.41, 5.74) is 0.680. The maximum absolute atomic E-state index is 12.5. The van der Waals surface area contributed by atoms with E-state index < -0.39 is 0 Å². The molecule has 1 aliphatic heterocycles.